The van der Waals surface area contributed by atoms with Gasteiger partial charge >= 0.3 is 0 Å². The van der Waals surface area contributed by atoms with E-state index in [-0.39, 0.29) is 0 Å². The van der Waals surface area contributed by atoms with Crippen LogP contribution in [0.2, 0.25) is 0 Å². The van der Waals surface area contributed by atoms with Crippen molar-refractivity contribution < 1.29 is 0 Å². The normalized spacial score (nSPS) is 24.8. The van der Waals surface area contributed by atoms with Crippen LogP contribution in [0, 0.1) is 5.92 Å². The number of rotatable bonds is 4. The number of nitrogens with one attached hydrogen (secondary N) is 1. The molecule has 0 aliphatic heterocycles. The van der Waals surface area contributed by atoms with Gasteiger partial charge in [0.25, 0.3) is 0 Å². The molecule has 0 aromatic carbocycles. The van der Waals surface area contributed by atoms with E-state index in [1.54, 1.807) is 0 Å². The van der Waals surface area contributed by atoms with Gasteiger partial charge in [0, 0.05) is 30.5 Å². The Bertz CT molecular complexity index is 333. The van der Waals surface area contributed by atoms with E-state index in [9.17, 15) is 0 Å². The molecule has 1 aromatic heterocycles. The third kappa shape index (κ3) is 4.33. The largest absolute Gasteiger partial charge is 0.328 e. The quantitative estimate of drug-likeness (QED) is 0.833. The molecule has 0 radical (unpaired) electrons. The van der Waals surface area contributed by atoms with E-state index in [1.165, 1.54) is 25.7 Å². The zero-order chi connectivity index (χ0) is 12.1. The fraction of sp³-hybridized carbons (Fsp3) is 0.667. The van der Waals surface area contributed by atoms with Gasteiger partial charge in [-0.3, -0.25) is 0 Å². The van der Waals surface area contributed by atoms with Crippen molar-refractivity contribution in [1.82, 2.24) is 15.3 Å². The van der Waals surface area contributed by atoms with Crippen LogP contribution in [0.1, 0.15) is 31.2 Å². The monoisotopic (exact) mass is 298 g/mol. The summed E-state index contributed by atoms with van der Waals surface area (Å²) in [6.45, 7) is 1.92. The number of nitrogens with zero attached hydrogens (tertiary/aromatic N) is 2. The van der Waals surface area contributed by atoms with Crippen molar-refractivity contribution in [1.29, 1.82) is 0 Å². The summed E-state index contributed by atoms with van der Waals surface area (Å²) in [5.74, 6) is 0.783. The molecule has 1 heterocycles. The number of nitrogens with two attached hydrogens (primary N) is 1. The molecule has 17 heavy (non-hydrogen) atoms. The molecule has 1 saturated carbocycles. The molecule has 0 spiro atoms. The molecule has 3 N–H and O–H groups in total. The lowest BCUT2D eigenvalue weighted by atomic mass is 9.86. The van der Waals surface area contributed by atoms with Crippen LogP contribution in [-0.2, 0) is 6.54 Å². The van der Waals surface area contributed by atoms with E-state index in [0.29, 0.717) is 10.8 Å². The first-order valence-corrected chi connectivity index (χ1v) is 6.96. The number of aromatic nitrogens is 2. The molecule has 0 bridgehead atoms. The van der Waals surface area contributed by atoms with Crippen LogP contribution in [0.5, 0.6) is 0 Å². The van der Waals surface area contributed by atoms with Crippen LogP contribution >= 0.6 is 15.9 Å². The van der Waals surface area contributed by atoms with Crippen LogP contribution in [0.3, 0.4) is 0 Å². The average Bonchev–Trinajstić information content (AvgIpc) is 2.34. The van der Waals surface area contributed by atoms with Gasteiger partial charge in [0.2, 0.25) is 0 Å². The maximum atomic E-state index is 5.89. The topological polar surface area (TPSA) is 63.8 Å². The van der Waals surface area contributed by atoms with E-state index < -0.39 is 0 Å². The van der Waals surface area contributed by atoms with Crippen molar-refractivity contribution in [2.45, 2.75) is 38.3 Å². The maximum Gasteiger partial charge on any atom is 0.196 e. The molecule has 0 atom stereocenters. The van der Waals surface area contributed by atoms with E-state index in [0.717, 1.165) is 24.6 Å². The first-order valence-electron chi connectivity index (χ1n) is 6.17. The smallest absolute Gasteiger partial charge is 0.196 e. The lowest BCUT2D eigenvalue weighted by Gasteiger charge is -2.26. The van der Waals surface area contributed by atoms with Crippen LogP contribution in [0.4, 0.5) is 0 Å². The van der Waals surface area contributed by atoms with Crippen molar-refractivity contribution in [2.75, 3.05) is 6.54 Å². The summed E-state index contributed by atoms with van der Waals surface area (Å²) in [6, 6.07) is 0.436. The van der Waals surface area contributed by atoms with E-state index >= 15 is 0 Å². The summed E-state index contributed by atoms with van der Waals surface area (Å²) in [5, 5.41) is 3.47. The van der Waals surface area contributed by atoms with E-state index in [4.69, 9.17) is 5.73 Å². The van der Waals surface area contributed by atoms with Gasteiger partial charge in [-0.15, -0.1) is 0 Å². The molecular formula is C12H19BrN4. The number of halogens is 1. The highest BCUT2D eigenvalue weighted by Crippen LogP contribution is 2.22. The van der Waals surface area contributed by atoms with Gasteiger partial charge in [-0.25, -0.2) is 9.97 Å². The number of hydrogen-bond donors (Lipinski definition) is 2. The molecule has 1 aliphatic rings. The highest BCUT2D eigenvalue weighted by Gasteiger charge is 2.17. The molecule has 0 unspecified atom stereocenters. The van der Waals surface area contributed by atoms with Crippen molar-refractivity contribution >= 4 is 15.9 Å². The summed E-state index contributed by atoms with van der Waals surface area (Å²) in [5.41, 5.74) is 7.02. The first kappa shape index (κ1) is 12.9. The molecule has 1 aliphatic carbocycles. The lowest BCUT2D eigenvalue weighted by molar-refractivity contribution is 0.314. The Morgan fingerprint density at radius 3 is 2.53 bits per heavy atom. The summed E-state index contributed by atoms with van der Waals surface area (Å²) in [6.07, 6.45) is 8.55. The van der Waals surface area contributed by atoms with Gasteiger partial charge in [0.1, 0.15) is 0 Å². The Kier molecular flexibility index (Phi) is 4.88. The minimum atomic E-state index is 0.436. The third-order valence-corrected chi connectivity index (χ3v) is 3.74. The van der Waals surface area contributed by atoms with Crippen molar-refractivity contribution in [2.24, 2.45) is 11.7 Å². The first-order chi connectivity index (χ1) is 8.24. The van der Waals surface area contributed by atoms with Crippen molar-refractivity contribution in [3.8, 4) is 0 Å². The van der Waals surface area contributed by atoms with Crippen molar-refractivity contribution in [3.05, 3.63) is 22.7 Å². The van der Waals surface area contributed by atoms with Gasteiger partial charge in [0.05, 0.1) is 0 Å². The second-order valence-corrected chi connectivity index (χ2v) is 5.48. The van der Waals surface area contributed by atoms with Crippen LogP contribution in [-0.4, -0.2) is 22.6 Å². The SMILES string of the molecule is N[C@H]1CC[C@H](CNCc2cnc(Br)nc2)CC1. The van der Waals surface area contributed by atoms with Crippen molar-refractivity contribution in [3.63, 3.8) is 0 Å². The molecule has 5 heteroatoms. The zero-order valence-corrected chi connectivity index (χ0v) is 11.5. The fourth-order valence-corrected chi connectivity index (χ4v) is 2.45. The highest BCUT2D eigenvalue weighted by atomic mass is 79.9. The van der Waals surface area contributed by atoms with E-state index in [1.807, 2.05) is 12.4 Å². The van der Waals surface area contributed by atoms with Gasteiger partial charge in [-0.2, -0.15) is 0 Å². The second kappa shape index (κ2) is 6.42. The Morgan fingerprint density at radius 1 is 1.24 bits per heavy atom. The minimum Gasteiger partial charge on any atom is -0.328 e. The second-order valence-electron chi connectivity index (χ2n) is 4.77. The van der Waals surface area contributed by atoms with E-state index in [2.05, 4.69) is 31.2 Å². The zero-order valence-electron chi connectivity index (χ0n) is 9.90. The predicted molar refractivity (Wildman–Crippen MR) is 71.4 cm³/mol. The molecule has 94 valence electrons. The third-order valence-electron chi connectivity index (χ3n) is 3.33. The summed E-state index contributed by atoms with van der Waals surface area (Å²) in [7, 11) is 0. The van der Waals surface area contributed by atoms with Crippen LogP contribution in [0.15, 0.2) is 17.1 Å². The average molecular weight is 299 g/mol. The summed E-state index contributed by atoms with van der Waals surface area (Å²) in [4.78, 5) is 8.21. The highest BCUT2D eigenvalue weighted by molar-refractivity contribution is 9.10. The molecule has 1 aromatic rings. The Morgan fingerprint density at radius 2 is 1.88 bits per heavy atom. The van der Waals surface area contributed by atoms with Gasteiger partial charge in [-0.1, -0.05) is 0 Å². The predicted octanol–water partition coefficient (Wildman–Crippen LogP) is 1.85. The lowest BCUT2D eigenvalue weighted by Crippen LogP contribution is -2.31. The molecule has 2 rings (SSSR count). The molecular weight excluding hydrogens is 280 g/mol. The minimum absolute atomic E-state index is 0.436. The molecule has 0 amide bonds. The molecule has 0 saturated heterocycles. The Labute approximate surface area is 111 Å². The van der Waals surface area contributed by atoms with Gasteiger partial charge in [-0.05, 0) is 54.1 Å². The Hall–Kier alpha value is -0.520. The number of hydrogen-bond acceptors (Lipinski definition) is 4. The van der Waals surface area contributed by atoms with Gasteiger partial charge < -0.3 is 11.1 Å². The van der Waals surface area contributed by atoms with Gasteiger partial charge in [0.15, 0.2) is 4.73 Å². The van der Waals surface area contributed by atoms with Crippen LogP contribution < -0.4 is 11.1 Å². The Balaban J connectivity index is 1.67. The fourth-order valence-electron chi connectivity index (χ4n) is 2.24. The molecule has 1 fully saturated rings. The molecule has 4 nitrogen and oxygen atoms in total. The summed E-state index contributed by atoms with van der Waals surface area (Å²) >= 11 is 3.23. The maximum absolute atomic E-state index is 5.89. The standard InChI is InChI=1S/C12H19BrN4/c13-12-16-7-10(8-17-12)6-15-5-9-1-3-11(14)4-2-9/h7-9,11,15H,1-6,14H2/t9-,11-. The summed E-state index contributed by atoms with van der Waals surface area (Å²) < 4.78 is 0.641. The van der Waals surface area contributed by atoms with Crippen LogP contribution in [0.25, 0.3) is 0 Å².